The molecule has 3 rings (SSSR count). The highest BCUT2D eigenvalue weighted by Crippen LogP contribution is 2.37. The maximum absolute atomic E-state index is 12.4. The van der Waals surface area contributed by atoms with Crippen molar-refractivity contribution in [2.24, 2.45) is 5.92 Å². The van der Waals surface area contributed by atoms with Crippen LogP contribution in [0.15, 0.2) is 54.6 Å². The van der Waals surface area contributed by atoms with Crippen molar-refractivity contribution >= 4 is 17.4 Å². The topological polar surface area (TPSA) is 72.2 Å². The van der Waals surface area contributed by atoms with Crippen LogP contribution in [0.5, 0.6) is 0 Å². The summed E-state index contributed by atoms with van der Waals surface area (Å²) in [5, 5.41) is 3.14. The number of anilines is 1. The van der Waals surface area contributed by atoms with Crippen molar-refractivity contribution in [1.29, 1.82) is 0 Å². The van der Waals surface area contributed by atoms with E-state index in [0.29, 0.717) is 17.2 Å². The van der Waals surface area contributed by atoms with Gasteiger partial charge in [0.15, 0.2) is 5.78 Å². The number of Topliss-reactive ketones (excluding diaryl/α,β-unsaturated/α-hetero) is 1. The van der Waals surface area contributed by atoms with Crippen LogP contribution in [0.1, 0.15) is 54.1 Å². The zero-order valence-electron chi connectivity index (χ0n) is 14.3. The summed E-state index contributed by atoms with van der Waals surface area (Å²) in [7, 11) is 0. The van der Waals surface area contributed by atoms with Gasteiger partial charge in [-0.1, -0.05) is 48.9 Å². The molecule has 4 nitrogen and oxygen atoms in total. The molecule has 25 heavy (non-hydrogen) atoms. The summed E-state index contributed by atoms with van der Waals surface area (Å²) in [6.45, 7) is 0. The number of nitrogens with one attached hydrogen (secondary N) is 1. The van der Waals surface area contributed by atoms with Crippen LogP contribution in [0.25, 0.3) is 0 Å². The molecule has 1 amide bonds. The number of carbonyl (C=O) groups excluding carboxylic acids is 2. The Morgan fingerprint density at radius 3 is 2.44 bits per heavy atom. The van der Waals surface area contributed by atoms with Crippen LogP contribution in [0, 0.1) is 5.92 Å². The molecule has 0 spiro atoms. The molecule has 2 aromatic carbocycles. The number of benzene rings is 2. The number of hydrogen-bond acceptors (Lipinski definition) is 3. The number of nitrogens with two attached hydrogens (primary N) is 1. The lowest BCUT2D eigenvalue weighted by Gasteiger charge is -2.34. The van der Waals surface area contributed by atoms with Crippen LogP contribution in [-0.4, -0.2) is 11.7 Å². The summed E-state index contributed by atoms with van der Waals surface area (Å²) in [6, 6.07) is 17.0. The summed E-state index contributed by atoms with van der Waals surface area (Å²) in [5.41, 5.74) is 7.97. The Bertz CT molecular complexity index is 739. The highest BCUT2D eigenvalue weighted by Gasteiger charge is 2.29. The fourth-order valence-corrected chi connectivity index (χ4v) is 3.24. The number of amides is 1. The number of rotatable bonds is 7. The van der Waals surface area contributed by atoms with Gasteiger partial charge in [-0.25, -0.2) is 0 Å². The summed E-state index contributed by atoms with van der Waals surface area (Å²) in [5.74, 6) is 0.372. The molecule has 3 N–H and O–H groups in total. The van der Waals surface area contributed by atoms with Crippen LogP contribution in [0.4, 0.5) is 5.69 Å². The molecule has 0 aromatic heterocycles. The van der Waals surface area contributed by atoms with E-state index in [2.05, 4.69) is 17.4 Å². The molecular weight excluding hydrogens is 312 g/mol. The van der Waals surface area contributed by atoms with Gasteiger partial charge in [0.1, 0.15) is 0 Å². The standard InChI is InChI=1S/C21H24N2O2/c22-18-11-5-10-17(14-18)19(24)12-13-20(25)23-21(16-8-4-9-16)15-6-2-1-3-7-15/h1-3,5-7,10-11,14,16,21H,4,8-9,12-13,22H2,(H,23,25). The largest absolute Gasteiger partial charge is 0.399 e. The second-order valence-electron chi connectivity index (χ2n) is 6.70. The number of ketones is 1. The van der Waals surface area contributed by atoms with Gasteiger partial charge < -0.3 is 11.1 Å². The molecule has 1 aliphatic carbocycles. The average Bonchev–Trinajstić information content (AvgIpc) is 2.58. The van der Waals surface area contributed by atoms with Gasteiger partial charge in [-0.15, -0.1) is 0 Å². The predicted octanol–water partition coefficient (Wildman–Crippen LogP) is 3.89. The highest BCUT2D eigenvalue weighted by molar-refractivity contribution is 5.98. The van der Waals surface area contributed by atoms with Crippen LogP contribution < -0.4 is 11.1 Å². The van der Waals surface area contributed by atoms with Crippen molar-refractivity contribution < 1.29 is 9.59 Å². The molecule has 1 unspecified atom stereocenters. The number of carbonyl (C=O) groups is 2. The molecule has 1 saturated carbocycles. The van der Waals surface area contributed by atoms with Gasteiger partial charge in [-0.3, -0.25) is 9.59 Å². The van der Waals surface area contributed by atoms with E-state index in [1.54, 1.807) is 24.3 Å². The van der Waals surface area contributed by atoms with Crippen LogP contribution >= 0.6 is 0 Å². The van der Waals surface area contributed by atoms with Gasteiger partial charge >= 0.3 is 0 Å². The number of hydrogen-bond donors (Lipinski definition) is 2. The Morgan fingerprint density at radius 1 is 1.04 bits per heavy atom. The average molecular weight is 336 g/mol. The van der Waals surface area contributed by atoms with Crippen LogP contribution in [0.3, 0.4) is 0 Å². The highest BCUT2D eigenvalue weighted by atomic mass is 16.2. The third kappa shape index (κ3) is 4.47. The van der Waals surface area contributed by atoms with E-state index in [1.165, 1.54) is 6.42 Å². The van der Waals surface area contributed by atoms with Gasteiger partial charge in [0.05, 0.1) is 6.04 Å². The summed E-state index contributed by atoms with van der Waals surface area (Å²) >= 11 is 0. The van der Waals surface area contributed by atoms with E-state index in [4.69, 9.17) is 5.73 Å². The Kier molecular flexibility index (Phi) is 5.49. The normalized spacial score (nSPS) is 15.2. The van der Waals surface area contributed by atoms with Gasteiger partial charge in [-0.2, -0.15) is 0 Å². The molecule has 4 heteroatoms. The molecule has 0 heterocycles. The second kappa shape index (κ2) is 7.97. The Hall–Kier alpha value is -2.62. The van der Waals surface area contributed by atoms with Crippen LogP contribution in [0.2, 0.25) is 0 Å². The Labute approximate surface area is 148 Å². The maximum Gasteiger partial charge on any atom is 0.220 e. The lowest BCUT2D eigenvalue weighted by molar-refractivity contribution is -0.122. The molecule has 0 aliphatic heterocycles. The fraction of sp³-hybridized carbons (Fsp3) is 0.333. The predicted molar refractivity (Wildman–Crippen MR) is 99.1 cm³/mol. The van der Waals surface area contributed by atoms with Gasteiger partial charge in [-0.05, 0) is 36.5 Å². The van der Waals surface area contributed by atoms with Crippen molar-refractivity contribution in [3.8, 4) is 0 Å². The third-order valence-corrected chi connectivity index (χ3v) is 4.88. The third-order valence-electron chi connectivity index (χ3n) is 4.88. The molecule has 1 fully saturated rings. The van der Waals surface area contributed by atoms with Crippen molar-refractivity contribution in [2.45, 2.75) is 38.1 Å². The summed E-state index contributed by atoms with van der Waals surface area (Å²) in [6.07, 6.45) is 3.90. The first-order valence-electron chi connectivity index (χ1n) is 8.86. The molecular formula is C21H24N2O2. The lowest BCUT2D eigenvalue weighted by Crippen LogP contribution is -2.36. The second-order valence-corrected chi connectivity index (χ2v) is 6.70. The van der Waals surface area contributed by atoms with Crippen molar-refractivity contribution in [3.63, 3.8) is 0 Å². The van der Waals surface area contributed by atoms with Crippen molar-refractivity contribution in [2.75, 3.05) is 5.73 Å². The first kappa shape index (κ1) is 17.2. The minimum absolute atomic E-state index is 0.0462. The quantitative estimate of drug-likeness (QED) is 0.595. The van der Waals surface area contributed by atoms with E-state index in [9.17, 15) is 9.59 Å². The van der Waals surface area contributed by atoms with Gasteiger partial charge in [0.2, 0.25) is 5.91 Å². The van der Waals surface area contributed by atoms with Gasteiger partial charge in [0.25, 0.3) is 0 Å². The Balaban J connectivity index is 1.57. The minimum atomic E-state index is -0.0713. The first-order valence-corrected chi connectivity index (χ1v) is 8.86. The summed E-state index contributed by atoms with van der Waals surface area (Å²) < 4.78 is 0. The van der Waals surface area contributed by atoms with E-state index in [0.717, 1.165) is 18.4 Å². The fourth-order valence-electron chi connectivity index (χ4n) is 3.24. The maximum atomic E-state index is 12.4. The van der Waals surface area contributed by atoms with Crippen molar-refractivity contribution in [3.05, 3.63) is 65.7 Å². The molecule has 0 bridgehead atoms. The van der Waals surface area contributed by atoms with E-state index in [-0.39, 0.29) is 30.6 Å². The molecule has 2 aromatic rings. The molecule has 1 atom stereocenters. The Morgan fingerprint density at radius 2 is 1.80 bits per heavy atom. The molecule has 130 valence electrons. The minimum Gasteiger partial charge on any atom is -0.399 e. The molecule has 0 radical (unpaired) electrons. The van der Waals surface area contributed by atoms with E-state index >= 15 is 0 Å². The zero-order chi connectivity index (χ0) is 17.6. The smallest absolute Gasteiger partial charge is 0.220 e. The zero-order valence-corrected chi connectivity index (χ0v) is 14.3. The van der Waals surface area contributed by atoms with E-state index in [1.807, 2.05) is 18.2 Å². The van der Waals surface area contributed by atoms with Gasteiger partial charge in [0, 0.05) is 24.1 Å². The van der Waals surface area contributed by atoms with E-state index < -0.39 is 0 Å². The monoisotopic (exact) mass is 336 g/mol. The molecule has 0 saturated heterocycles. The van der Waals surface area contributed by atoms with Crippen molar-refractivity contribution in [1.82, 2.24) is 5.32 Å². The number of nitrogen functional groups attached to an aromatic ring is 1. The lowest BCUT2D eigenvalue weighted by atomic mass is 9.77. The molecule has 1 aliphatic rings. The summed E-state index contributed by atoms with van der Waals surface area (Å²) in [4.78, 5) is 24.6. The first-order chi connectivity index (χ1) is 12.1. The van der Waals surface area contributed by atoms with Crippen LogP contribution in [-0.2, 0) is 4.79 Å². The SMILES string of the molecule is Nc1cccc(C(=O)CCC(=O)NC(c2ccccc2)C2CCC2)c1.